The number of hydrogen-bond donors (Lipinski definition) is 2. The van der Waals surface area contributed by atoms with E-state index in [0.29, 0.717) is 6.54 Å². The van der Waals surface area contributed by atoms with Gasteiger partial charge in [0.05, 0.1) is 6.61 Å². The van der Waals surface area contributed by atoms with Gasteiger partial charge in [0, 0.05) is 22.9 Å². The first kappa shape index (κ1) is 13.1. The van der Waals surface area contributed by atoms with Crippen LogP contribution in [0.25, 0.3) is 0 Å². The highest BCUT2D eigenvalue weighted by Crippen LogP contribution is 2.27. The molecule has 0 fully saturated rings. The Labute approximate surface area is 112 Å². The van der Waals surface area contributed by atoms with Gasteiger partial charge in [0.15, 0.2) is 0 Å². The van der Waals surface area contributed by atoms with E-state index in [1.807, 2.05) is 6.07 Å². The number of rotatable bonds is 6. The largest absolute Gasteiger partial charge is 0.395 e. The van der Waals surface area contributed by atoms with Crippen LogP contribution in [0.2, 0.25) is 0 Å². The Bertz CT molecular complexity index is 456. The maximum atomic E-state index is 8.69. The molecule has 0 amide bonds. The second kappa shape index (κ2) is 7.21. The van der Waals surface area contributed by atoms with Gasteiger partial charge in [-0.25, -0.2) is 0 Å². The number of nitrogens with one attached hydrogen (secondary N) is 1. The molecular weight excluding hydrogens is 242 g/mol. The van der Waals surface area contributed by atoms with Crippen molar-refractivity contribution in [2.75, 3.05) is 13.2 Å². The molecule has 0 unspecified atom stereocenters. The minimum Gasteiger partial charge on any atom is -0.395 e. The van der Waals surface area contributed by atoms with Gasteiger partial charge in [0.25, 0.3) is 0 Å². The van der Waals surface area contributed by atoms with Crippen LogP contribution < -0.4 is 5.32 Å². The van der Waals surface area contributed by atoms with Gasteiger partial charge in [-0.15, -0.1) is 0 Å². The van der Waals surface area contributed by atoms with E-state index in [-0.39, 0.29) is 6.61 Å². The third kappa shape index (κ3) is 4.18. The SMILES string of the molecule is OCCNCc1ccc(Sc2ccccc2)cc1. The fraction of sp³-hybridized carbons (Fsp3) is 0.200. The zero-order chi connectivity index (χ0) is 12.6. The molecule has 0 saturated heterocycles. The summed E-state index contributed by atoms with van der Waals surface area (Å²) in [7, 11) is 0. The smallest absolute Gasteiger partial charge is 0.0556 e. The Morgan fingerprint density at radius 2 is 1.56 bits per heavy atom. The van der Waals surface area contributed by atoms with Crippen LogP contribution in [0, 0.1) is 0 Å². The molecule has 0 atom stereocenters. The van der Waals surface area contributed by atoms with Crippen molar-refractivity contribution in [1.29, 1.82) is 0 Å². The number of aliphatic hydroxyl groups excluding tert-OH is 1. The maximum absolute atomic E-state index is 8.69. The van der Waals surface area contributed by atoms with Gasteiger partial charge in [-0.2, -0.15) is 0 Å². The van der Waals surface area contributed by atoms with Crippen molar-refractivity contribution in [3.05, 3.63) is 60.2 Å². The summed E-state index contributed by atoms with van der Waals surface area (Å²) >= 11 is 1.76. The monoisotopic (exact) mass is 259 g/mol. The lowest BCUT2D eigenvalue weighted by Crippen LogP contribution is -2.17. The zero-order valence-electron chi connectivity index (χ0n) is 10.2. The predicted molar refractivity (Wildman–Crippen MR) is 75.8 cm³/mol. The lowest BCUT2D eigenvalue weighted by atomic mass is 10.2. The molecule has 0 radical (unpaired) electrons. The second-order valence-corrected chi connectivity index (χ2v) is 5.11. The molecule has 2 aromatic carbocycles. The summed E-state index contributed by atoms with van der Waals surface area (Å²) in [4.78, 5) is 2.50. The average Bonchev–Trinajstić information content (AvgIpc) is 2.42. The van der Waals surface area contributed by atoms with Crippen LogP contribution in [0.15, 0.2) is 64.4 Å². The van der Waals surface area contributed by atoms with Gasteiger partial charge in [-0.05, 0) is 29.8 Å². The van der Waals surface area contributed by atoms with E-state index in [4.69, 9.17) is 5.11 Å². The van der Waals surface area contributed by atoms with Crippen molar-refractivity contribution in [2.24, 2.45) is 0 Å². The lowest BCUT2D eigenvalue weighted by molar-refractivity contribution is 0.292. The Balaban J connectivity index is 1.91. The van der Waals surface area contributed by atoms with Crippen molar-refractivity contribution in [2.45, 2.75) is 16.3 Å². The third-order valence-electron chi connectivity index (χ3n) is 2.52. The topological polar surface area (TPSA) is 32.3 Å². The van der Waals surface area contributed by atoms with Gasteiger partial charge in [0.2, 0.25) is 0 Å². The molecule has 0 bridgehead atoms. The number of hydrogen-bond acceptors (Lipinski definition) is 3. The molecule has 0 saturated carbocycles. The lowest BCUT2D eigenvalue weighted by Gasteiger charge is -2.05. The van der Waals surface area contributed by atoms with Crippen molar-refractivity contribution < 1.29 is 5.11 Å². The molecule has 2 rings (SSSR count). The summed E-state index contributed by atoms with van der Waals surface area (Å²) in [6.45, 7) is 1.62. The van der Waals surface area contributed by atoms with E-state index >= 15 is 0 Å². The second-order valence-electron chi connectivity index (χ2n) is 3.96. The number of benzene rings is 2. The first-order valence-corrected chi connectivity index (χ1v) is 6.83. The molecule has 0 aromatic heterocycles. The molecule has 0 aliphatic rings. The van der Waals surface area contributed by atoms with E-state index in [1.165, 1.54) is 15.4 Å². The van der Waals surface area contributed by atoms with Crippen LogP contribution >= 0.6 is 11.8 Å². The zero-order valence-corrected chi connectivity index (χ0v) is 11.0. The number of aliphatic hydroxyl groups is 1. The van der Waals surface area contributed by atoms with Gasteiger partial charge < -0.3 is 10.4 Å². The van der Waals surface area contributed by atoms with Gasteiger partial charge in [-0.3, -0.25) is 0 Å². The Hall–Kier alpha value is -1.29. The van der Waals surface area contributed by atoms with Crippen molar-refractivity contribution in [3.8, 4) is 0 Å². The van der Waals surface area contributed by atoms with Crippen molar-refractivity contribution >= 4 is 11.8 Å². The first-order chi connectivity index (χ1) is 8.88. The van der Waals surface area contributed by atoms with Crippen LogP contribution in [0.4, 0.5) is 0 Å². The van der Waals surface area contributed by atoms with E-state index in [2.05, 4.69) is 53.8 Å². The van der Waals surface area contributed by atoms with Crippen LogP contribution in [0.5, 0.6) is 0 Å². The molecule has 0 aliphatic carbocycles. The molecule has 18 heavy (non-hydrogen) atoms. The Kier molecular flexibility index (Phi) is 5.27. The van der Waals surface area contributed by atoms with E-state index < -0.39 is 0 Å². The van der Waals surface area contributed by atoms with Gasteiger partial charge >= 0.3 is 0 Å². The van der Waals surface area contributed by atoms with Crippen LogP contribution in [-0.4, -0.2) is 18.3 Å². The molecule has 94 valence electrons. The molecule has 0 aliphatic heterocycles. The molecule has 0 spiro atoms. The standard InChI is InChI=1S/C15H17NOS/c17-11-10-16-12-13-6-8-15(9-7-13)18-14-4-2-1-3-5-14/h1-9,16-17H,10-12H2. The highest BCUT2D eigenvalue weighted by Gasteiger charge is 1.97. The van der Waals surface area contributed by atoms with Crippen LogP contribution in [0.1, 0.15) is 5.56 Å². The molecule has 2 nitrogen and oxygen atoms in total. The van der Waals surface area contributed by atoms with Crippen LogP contribution in [-0.2, 0) is 6.54 Å². The molecular formula is C15H17NOS. The highest BCUT2D eigenvalue weighted by atomic mass is 32.2. The van der Waals surface area contributed by atoms with E-state index in [0.717, 1.165) is 6.54 Å². The first-order valence-electron chi connectivity index (χ1n) is 6.02. The minimum absolute atomic E-state index is 0.182. The van der Waals surface area contributed by atoms with E-state index in [9.17, 15) is 0 Å². The van der Waals surface area contributed by atoms with Crippen molar-refractivity contribution in [1.82, 2.24) is 5.32 Å². The normalized spacial score (nSPS) is 10.5. The molecule has 0 heterocycles. The molecule has 3 heteroatoms. The third-order valence-corrected chi connectivity index (χ3v) is 3.54. The summed E-state index contributed by atoms with van der Waals surface area (Å²) < 4.78 is 0. The summed E-state index contributed by atoms with van der Waals surface area (Å²) in [5.41, 5.74) is 1.24. The fourth-order valence-corrected chi connectivity index (χ4v) is 2.45. The minimum atomic E-state index is 0.182. The predicted octanol–water partition coefficient (Wildman–Crippen LogP) is 2.92. The molecule has 2 N–H and O–H groups in total. The molecule has 2 aromatic rings. The summed E-state index contributed by atoms with van der Waals surface area (Å²) in [6, 6.07) is 18.9. The van der Waals surface area contributed by atoms with Crippen LogP contribution in [0.3, 0.4) is 0 Å². The Morgan fingerprint density at radius 3 is 2.22 bits per heavy atom. The fourth-order valence-electron chi connectivity index (χ4n) is 1.61. The summed E-state index contributed by atoms with van der Waals surface area (Å²) in [5, 5.41) is 11.9. The maximum Gasteiger partial charge on any atom is 0.0556 e. The summed E-state index contributed by atoms with van der Waals surface area (Å²) in [6.07, 6.45) is 0. The summed E-state index contributed by atoms with van der Waals surface area (Å²) in [5.74, 6) is 0. The van der Waals surface area contributed by atoms with E-state index in [1.54, 1.807) is 11.8 Å². The van der Waals surface area contributed by atoms with Gasteiger partial charge in [-0.1, -0.05) is 42.1 Å². The average molecular weight is 259 g/mol. The quantitative estimate of drug-likeness (QED) is 0.782. The Morgan fingerprint density at radius 1 is 0.889 bits per heavy atom. The highest BCUT2D eigenvalue weighted by molar-refractivity contribution is 7.99. The van der Waals surface area contributed by atoms with Gasteiger partial charge in [0.1, 0.15) is 0 Å². The van der Waals surface area contributed by atoms with Crippen molar-refractivity contribution in [3.63, 3.8) is 0 Å².